The van der Waals surface area contributed by atoms with Crippen molar-refractivity contribution < 1.29 is 52.7 Å². The minimum Gasteiger partial charge on any atom is -0.334 e. The van der Waals surface area contributed by atoms with Crippen LogP contribution in [0, 0.1) is 0 Å². The van der Waals surface area contributed by atoms with Crippen LogP contribution in [0.3, 0.4) is 0 Å². The highest BCUT2D eigenvalue weighted by Crippen LogP contribution is 2.49. The summed E-state index contributed by atoms with van der Waals surface area (Å²) in [6.07, 6.45) is -20.8. The summed E-state index contributed by atoms with van der Waals surface area (Å²) in [6.45, 7) is 3.23. The molecule has 0 N–H and O–H groups in total. The van der Waals surface area contributed by atoms with Crippen LogP contribution in [-0.4, -0.2) is 5.88 Å². The summed E-state index contributed by atoms with van der Waals surface area (Å²) in [7, 11) is 0. The third-order valence-corrected chi connectivity index (χ3v) is 7.54. The maximum atomic E-state index is 13.6. The molecule has 0 bridgehead atoms. The molecule has 0 unspecified atom stereocenters. The van der Waals surface area contributed by atoms with Gasteiger partial charge in [0.2, 0.25) is 0 Å². The van der Waals surface area contributed by atoms with E-state index in [-0.39, 0.29) is 34.8 Å². The van der Waals surface area contributed by atoms with Crippen molar-refractivity contribution in [1.29, 1.82) is 0 Å². The summed E-state index contributed by atoms with van der Waals surface area (Å²) in [5.74, 6) is 0.0534. The Morgan fingerprint density at radius 1 is 0.561 bits per heavy atom. The Morgan fingerprint density at radius 3 is 1.17 bits per heavy atom. The van der Waals surface area contributed by atoms with Crippen LogP contribution >= 0.6 is 11.8 Å². The topological polar surface area (TPSA) is 3.24 Å². The molecule has 1 aliphatic rings. The molecule has 1 aliphatic heterocycles. The number of hydrogen-bond acceptors (Lipinski definition) is 2. The minimum absolute atomic E-state index is 0.0534. The first-order chi connectivity index (χ1) is 18.7. The number of benzene rings is 3. The number of rotatable bonds is 3. The van der Waals surface area contributed by atoms with Crippen LogP contribution in [0.5, 0.6) is 0 Å². The zero-order valence-electron chi connectivity index (χ0n) is 20.8. The summed E-state index contributed by atoms with van der Waals surface area (Å²) in [6, 6.07) is 5.16. The molecule has 3 aromatic rings. The van der Waals surface area contributed by atoms with Gasteiger partial charge in [0.05, 0.1) is 33.8 Å². The molecule has 0 saturated heterocycles. The lowest BCUT2D eigenvalue weighted by molar-refractivity contribution is -0.144. The smallest absolute Gasteiger partial charge is 0.334 e. The second-order valence-electron chi connectivity index (χ2n) is 9.13. The van der Waals surface area contributed by atoms with E-state index in [0.29, 0.717) is 34.9 Å². The fraction of sp³-hybridized carbons (Fsp3) is 0.259. The monoisotopic (exact) mass is 615 g/mol. The highest BCUT2D eigenvalue weighted by Gasteiger charge is 2.39. The van der Waals surface area contributed by atoms with Crippen LogP contribution in [0.4, 0.5) is 58.4 Å². The Kier molecular flexibility index (Phi) is 7.64. The first-order valence-electron chi connectivity index (χ1n) is 11.5. The van der Waals surface area contributed by atoms with Gasteiger partial charge in [-0.25, -0.2) is 0 Å². The van der Waals surface area contributed by atoms with Crippen LogP contribution in [0.2, 0.25) is 0 Å². The Hall–Kier alpha value is -3.29. The van der Waals surface area contributed by atoms with Crippen molar-refractivity contribution in [3.63, 3.8) is 0 Å². The van der Waals surface area contributed by atoms with Crippen LogP contribution in [0.1, 0.15) is 36.1 Å². The van der Waals surface area contributed by atoms with Gasteiger partial charge in [-0.15, -0.1) is 11.8 Å². The molecule has 1 heterocycles. The van der Waals surface area contributed by atoms with Crippen molar-refractivity contribution in [2.45, 2.75) is 38.6 Å². The zero-order valence-corrected chi connectivity index (χ0v) is 21.6. The molecule has 14 heteroatoms. The van der Waals surface area contributed by atoms with E-state index in [0.717, 1.165) is 6.07 Å². The highest BCUT2D eigenvalue weighted by atomic mass is 32.2. The molecular formula is C27H17F12NS. The van der Waals surface area contributed by atoms with Gasteiger partial charge < -0.3 is 4.90 Å². The Morgan fingerprint density at radius 2 is 0.902 bits per heavy atom. The van der Waals surface area contributed by atoms with Crippen molar-refractivity contribution >= 4 is 17.4 Å². The fourth-order valence-electron chi connectivity index (χ4n) is 4.31. The molecule has 0 radical (unpaired) electrons. The average molecular weight is 615 g/mol. The third-order valence-electron chi connectivity index (χ3n) is 6.43. The molecule has 0 saturated carbocycles. The number of para-hydroxylation sites is 1. The SMILES string of the molecule is CC1=C(C)N(c2c(-c3cc(C(F)(F)F)cc(C(F)(F)F)c3)cccc2-c2cc(C(F)(F)F)cc(C(F)(F)F)c2)CS1. The van der Waals surface area contributed by atoms with Crippen molar-refractivity contribution in [2.75, 3.05) is 10.8 Å². The van der Waals surface area contributed by atoms with Gasteiger partial charge in [-0.05, 0) is 61.4 Å². The number of thioether (sulfide) groups is 1. The van der Waals surface area contributed by atoms with E-state index < -0.39 is 58.1 Å². The molecule has 3 aromatic carbocycles. The van der Waals surface area contributed by atoms with Gasteiger partial charge in [0.25, 0.3) is 0 Å². The molecule has 0 amide bonds. The molecule has 0 aromatic heterocycles. The molecule has 0 atom stereocenters. The lowest BCUT2D eigenvalue weighted by atomic mass is 9.91. The molecule has 0 fully saturated rings. The quantitative estimate of drug-likeness (QED) is 0.270. The maximum absolute atomic E-state index is 13.6. The second-order valence-corrected chi connectivity index (χ2v) is 10.3. The normalized spacial score (nSPS) is 15.2. The van der Waals surface area contributed by atoms with Gasteiger partial charge in [-0.1, -0.05) is 18.2 Å². The van der Waals surface area contributed by atoms with Crippen molar-refractivity contribution in [2.24, 2.45) is 0 Å². The number of hydrogen-bond donors (Lipinski definition) is 0. The summed E-state index contributed by atoms with van der Waals surface area (Å²) < 4.78 is 163. The first kappa shape index (κ1) is 30.7. The van der Waals surface area contributed by atoms with E-state index in [9.17, 15) is 52.7 Å². The van der Waals surface area contributed by atoms with Gasteiger partial charge in [-0.3, -0.25) is 0 Å². The average Bonchev–Trinajstić information content (AvgIpc) is 3.18. The summed E-state index contributed by atoms with van der Waals surface area (Å²) in [4.78, 5) is 2.12. The molecule has 0 spiro atoms. The van der Waals surface area contributed by atoms with Crippen molar-refractivity contribution in [1.82, 2.24) is 0 Å². The number of halogens is 12. The summed E-state index contributed by atoms with van der Waals surface area (Å²) in [5, 5.41) is 0. The van der Waals surface area contributed by atoms with Crippen molar-refractivity contribution in [3.8, 4) is 22.3 Å². The molecule has 220 valence electrons. The third kappa shape index (κ3) is 6.31. The minimum atomic E-state index is -5.19. The van der Waals surface area contributed by atoms with E-state index in [2.05, 4.69) is 0 Å². The molecule has 1 nitrogen and oxygen atoms in total. The van der Waals surface area contributed by atoms with Gasteiger partial charge in [0, 0.05) is 21.7 Å². The summed E-state index contributed by atoms with van der Waals surface area (Å²) in [5.41, 5.74) is -7.84. The van der Waals surface area contributed by atoms with E-state index in [1.165, 1.54) is 28.8 Å². The lowest BCUT2D eigenvalue weighted by Gasteiger charge is -2.27. The maximum Gasteiger partial charge on any atom is 0.416 e. The predicted octanol–water partition coefficient (Wildman–Crippen LogP) is 10.9. The van der Waals surface area contributed by atoms with Crippen LogP contribution in [-0.2, 0) is 24.7 Å². The molecule has 41 heavy (non-hydrogen) atoms. The van der Waals surface area contributed by atoms with E-state index >= 15 is 0 Å². The van der Waals surface area contributed by atoms with E-state index in [1.807, 2.05) is 0 Å². The number of alkyl halides is 12. The standard InChI is InChI=1S/C27H17F12NS/c1-13-14(2)41-12-40(13)23-21(15-6-17(24(28,29)30)10-18(7-15)25(31,32)33)4-3-5-22(23)16-8-19(26(34,35)36)11-20(9-16)27(37,38)39/h3-11H,12H2,1-2H3. The predicted molar refractivity (Wildman–Crippen MR) is 131 cm³/mol. The first-order valence-corrected chi connectivity index (χ1v) is 12.5. The van der Waals surface area contributed by atoms with Gasteiger partial charge in [0.1, 0.15) is 0 Å². The van der Waals surface area contributed by atoms with E-state index in [4.69, 9.17) is 0 Å². The zero-order chi connectivity index (χ0) is 30.7. The Labute approximate surface area is 229 Å². The van der Waals surface area contributed by atoms with Crippen molar-refractivity contribution in [3.05, 3.63) is 87.5 Å². The Balaban J connectivity index is 2.11. The number of anilines is 1. The largest absolute Gasteiger partial charge is 0.416 e. The van der Waals surface area contributed by atoms with Crippen LogP contribution in [0.25, 0.3) is 22.3 Å². The second kappa shape index (κ2) is 10.2. The molecular weight excluding hydrogens is 598 g/mol. The fourth-order valence-corrected chi connectivity index (χ4v) is 5.27. The van der Waals surface area contributed by atoms with Crippen LogP contribution < -0.4 is 4.90 Å². The van der Waals surface area contributed by atoms with Gasteiger partial charge in [-0.2, -0.15) is 52.7 Å². The number of nitrogens with zero attached hydrogens (tertiary/aromatic N) is 1. The number of allylic oxidation sites excluding steroid dienone is 2. The lowest BCUT2D eigenvalue weighted by Crippen LogP contribution is -2.19. The van der Waals surface area contributed by atoms with Crippen LogP contribution in [0.15, 0.2) is 65.2 Å². The highest BCUT2D eigenvalue weighted by molar-refractivity contribution is 8.03. The summed E-state index contributed by atoms with van der Waals surface area (Å²) >= 11 is 1.23. The molecule has 4 rings (SSSR count). The van der Waals surface area contributed by atoms with E-state index in [1.54, 1.807) is 13.8 Å². The molecule has 0 aliphatic carbocycles. The van der Waals surface area contributed by atoms with Gasteiger partial charge in [0.15, 0.2) is 0 Å². The van der Waals surface area contributed by atoms with Gasteiger partial charge >= 0.3 is 24.7 Å². The Bertz CT molecular complexity index is 1350.